The van der Waals surface area contributed by atoms with Gasteiger partial charge in [-0.25, -0.2) is 0 Å². The second-order valence-corrected chi connectivity index (χ2v) is 15.6. The summed E-state index contributed by atoms with van der Waals surface area (Å²) in [7, 11) is 8.02. The average molecular weight is 585 g/mol. The van der Waals surface area contributed by atoms with Crippen LogP contribution in [0.2, 0.25) is 12.1 Å². The lowest BCUT2D eigenvalue weighted by Gasteiger charge is -2.26. The van der Waals surface area contributed by atoms with Crippen molar-refractivity contribution in [2.45, 2.75) is 38.8 Å². The molecule has 0 aliphatic rings. The van der Waals surface area contributed by atoms with E-state index in [1.807, 2.05) is 27.9 Å². The molecule has 38 heavy (non-hydrogen) atoms. The summed E-state index contributed by atoms with van der Waals surface area (Å²) in [6, 6.07) is 1.15. The predicted molar refractivity (Wildman–Crippen MR) is 148 cm³/mol. The molecule has 0 rings (SSSR count). The molecule has 0 amide bonds. The lowest BCUT2D eigenvalue weighted by molar-refractivity contribution is -0.149. The number of hydrogen-bond donors (Lipinski definition) is 0. The fourth-order valence-corrected chi connectivity index (χ4v) is 7.31. The number of hydrogen-bond acceptors (Lipinski definition) is 12. The Morgan fingerprint density at radius 2 is 0.895 bits per heavy atom. The number of nitrogens with zero attached hydrogens (tertiary/aromatic N) is 2. The number of likely N-dealkylation sites (N-methyl/N-ethyl adjacent to an activating group) is 2. The highest BCUT2D eigenvalue weighted by Gasteiger charge is 2.38. The fraction of sp³-hybridized carbons (Fsp3) is 0.917. The summed E-state index contributed by atoms with van der Waals surface area (Å²) in [5.74, 6) is -0.987. The molecule has 0 N–H and O–H groups in total. The first kappa shape index (κ1) is 37.1. The van der Waals surface area contributed by atoms with E-state index in [9.17, 15) is 9.59 Å². The Kier molecular flexibility index (Phi) is 19.5. The van der Waals surface area contributed by atoms with Gasteiger partial charge in [-0.3, -0.25) is 9.59 Å². The summed E-state index contributed by atoms with van der Waals surface area (Å²) in [5, 5.41) is 0. The van der Waals surface area contributed by atoms with Gasteiger partial charge in [0.05, 0.1) is 25.0 Å². The average Bonchev–Trinajstić information content (AvgIpc) is 2.92. The van der Waals surface area contributed by atoms with E-state index >= 15 is 0 Å². The van der Waals surface area contributed by atoms with E-state index in [4.69, 9.17) is 36.0 Å². The number of carbonyl (C=O) groups is 2. The standard InChI is InChI=1S/C24H52N2O10Si2/c1-21(23(27)35-15-11-17-37(29-5,30-6)31-7)19-25(3)13-14-26(4)20-22(2)24(28)36-16-12-18-38(32-8,33-9)34-10/h21-22H,11-20H2,1-10H3. The molecule has 0 saturated heterocycles. The van der Waals surface area contributed by atoms with Crippen molar-refractivity contribution in [3.8, 4) is 0 Å². The molecule has 0 aromatic heterocycles. The first-order chi connectivity index (χ1) is 18.0. The second-order valence-electron chi connectivity index (χ2n) is 9.46. The van der Waals surface area contributed by atoms with Crippen molar-refractivity contribution in [1.82, 2.24) is 9.80 Å². The Morgan fingerprint density at radius 1 is 0.605 bits per heavy atom. The maximum absolute atomic E-state index is 12.4. The van der Waals surface area contributed by atoms with Gasteiger partial charge in [-0.2, -0.15) is 0 Å². The minimum atomic E-state index is -2.65. The SMILES string of the molecule is CO[Si](CCCOC(=O)C(C)CN(C)CCN(C)CC(C)C(=O)OCCC[Si](OC)(OC)OC)(OC)OC. The van der Waals surface area contributed by atoms with Gasteiger partial charge in [0.15, 0.2) is 0 Å². The van der Waals surface area contributed by atoms with Crippen LogP contribution >= 0.6 is 0 Å². The largest absolute Gasteiger partial charge is 0.500 e. The summed E-state index contributed by atoms with van der Waals surface area (Å²) < 4.78 is 43.1. The Balaban J connectivity index is 4.23. The number of ether oxygens (including phenoxy) is 2. The van der Waals surface area contributed by atoms with Crippen LogP contribution in [0.4, 0.5) is 0 Å². The quantitative estimate of drug-likeness (QED) is 0.0990. The van der Waals surface area contributed by atoms with Gasteiger partial charge < -0.3 is 45.8 Å². The molecule has 0 heterocycles. The van der Waals surface area contributed by atoms with Gasteiger partial charge in [-0.15, -0.1) is 0 Å². The van der Waals surface area contributed by atoms with Gasteiger partial charge in [-0.05, 0) is 26.9 Å². The van der Waals surface area contributed by atoms with Crippen molar-refractivity contribution >= 4 is 29.5 Å². The van der Waals surface area contributed by atoms with Crippen LogP contribution in [-0.2, 0) is 45.6 Å². The number of rotatable bonds is 23. The molecule has 0 aromatic carbocycles. The zero-order valence-electron chi connectivity index (χ0n) is 25.2. The van der Waals surface area contributed by atoms with E-state index in [0.29, 0.717) is 51.2 Å². The molecule has 14 heteroatoms. The van der Waals surface area contributed by atoms with E-state index in [2.05, 4.69) is 9.80 Å². The maximum Gasteiger partial charge on any atom is 0.500 e. The Morgan fingerprint density at radius 3 is 1.16 bits per heavy atom. The van der Waals surface area contributed by atoms with Crippen LogP contribution in [-0.4, -0.2) is 135 Å². The summed E-state index contributed by atoms with van der Waals surface area (Å²) in [5.41, 5.74) is 0. The van der Waals surface area contributed by atoms with E-state index in [1.165, 1.54) is 0 Å². The topological polar surface area (TPSA) is 114 Å². The molecule has 0 aliphatic carbocycles. The number of esters is 2. The third-order valence-electron chi connectivity index (χ3n) is 6.45. The maximum atomic E-state index is 12.4. The molecule has 0 bridgehead atoms. The Labute approximate surface area is 231 Å². The zero-order valence-corrected chi connectivity index (χ0v) is 27.2. The Bertz CT molecular complexity index is 583. The molecule has 0 aliphatic heterocycles. The van der Waals surface area contributed by atoms with E-state index in [-0.39, 0.29) is 23.8 Å². The van der Waals surface area contributed by atoms with Crippen molar-refractivity contribution < 1.29 is 45.6 Å². The van der Waals surface area contributed by atoms with Gasteiger partial charge in [0.25, 0.3) is 0 Å². The molecular weight excluding hydrogens is 532 g/mol. The molecule has 2 unspecified atom stereocenters. The molecule has 0 aromatic rings. The van der Waals surface area contributed by atoms with Gasteiger partial charge in [-0.1, -0.05) is 13.8 Å². The summed E-state index contributed by atoms with van der Waals surface area (Å²) in [6.07, 6.45) is 1.22. The first-order valence-electron chi connectivity index (χ1n) is 13.0. The van der Waals surface area contributed by atoms with E-state index in [1.54, 1.807) is 42.7 Å². The molecule has 0 saturated carbocycles. The summed E-state index contributed by atoms with van der Waals surface area (Å²) in [6.45, 7) is 6.95. The fourth-order valence-electron chi connectivity index (χ4n) is 3.93. The molecule has 0 fully saturated rings. The van der Waals surface area contributed by atoms with Crippen molar-refractivity contribution in [2.24, 2.45) is 11.8 Å². The first-order valence-corrected chi connectivity index (χ1v) is 16.8. The predicted octanol–water partition coefficient (Wildman–Crippen LogP) is 1.75. The lowest BCUT2D eigenvalue weighted by Crippen LogP contribution is -2.43. The van der Waals surface area contributed by atoms with Gasteiger partial charge in [0.2, 0.25) is 0 Å². The van der Waals surface area contributed by atoms with Crippen LogP contribution in [0.3, 0.4) is 0 Å². The monoisotopic (exact) mass is 584 g/mol. The molecule has 226 valence electrons. The number of carbonyl (C=O) groups excluding carboxylic acids is 2. The second kappa shape index (κ2) is 20.0. The Hall–Kier alpha value is -0.946. The molecule has 2 atom stereocenters. The van der Waals surface area contributed by atoms with Crippen molar-refractivity contribution in [1.29, 1.82) is 0 Å². The van der Waals surface area contributed by atoms with Crippen molar-refractivity contribution in [3.63, 3.8) is 0 Å². The highest BCUT2D eigenvalue weighted by Crippen LogP contribution is 2.16. The summed E-state index contributed by atoms with van der Waals surface area (Å²) in [4.78, 5) is 28.9. The normalized spacial score (nSPS) is 14.1. The zero-order chi connectivity index (χ0) is 29.2. The van der Waals surface area contributed by atoms with Crippen LogP contribution < -0.4 is 0 Å². The molecular formula is C24H52N2O10Si2. The lowest BCUT2D eigenvalue weighted by atomic mass is 10.1. The van der Waals surface area contributed by atoms with Crippen LogP contribution in [0.1, 0.15) is 26.7 Å². The highest BCUT2D eigenvalue weighted by molar-refractivity contribution is 6.60. The van der Waals surface area contributed by atoms with Crippen LogP contribution in [0.5, 0.6) is 0 Å². The highest BCUT2D eigenvalue weighted by atomic mass is 28.4. The van der Waals surface area contributed by atoms with Crippen LogP contribution in [0, 0.1) is 11.8 Å². The van der Waals surface area contributed by atoms with Crippen molar-refractivity contribution in [3.05, 3.63) is 0 Å². The molecule has 0 spiro atoms. The minimum absolute atomic E-state index is 0.234. The van der Waals surface area contributed by atoms with Crippen LogP contribution in [0.25, 0.3) is 0 Å². The molecule has 12 nitrogen and oxygen atoms in total. The third-order valence-corrected chi connectivity index (χ3v) is 12.1. The minimum Gasteiger partial charge on any atom is -0.465 e. The smallest absolute Gasteiger partial charge is 0.465 e. The van der Waals surface area contributed by atoms with Crippen LogP contribution in [0.15, 0.2) is 0 Å². The molecule has 0 radical (unpaired) electrons. The van der Waals surface area contributed by atoms with Gasteiger partial charge in [0, 0.05) is 80.9 Å². The third kappa shape index (κ3) is 13.9. The van der Waals surface area contributed by atoms with Crippen molar-refractivity contribution in [2.75, 3.05) is 96.1 Å². The van der Waals surface area contributed by atoms with E-state index < -0.39 is 17.6 Å². The van der Waals surface area contributed by atoms with Gasteiger partial charge >= 0.3 is 29.5 Å². The van der Waals surface area contributed by atoms with Gasteiger partial charge in [0.1, 0.15) is 0 Å². The summed E-state index contributed by atoms with van der Waals surface area (Å²) >= 11 is 0. The van der Waals surface area contributed by atoms with E-state index in [0.717, 1.165) is 13.1 Å².